The Morgan fingerprint density at radius 2 is 1.83 bits per heavy atom. The van der Waals surface area contributed by atoms with Gasteiger partial charge in [0.1, 0.15) is 11.6 Å². The number of aromatic amines is 1. The van der Waals surface area contributed by atoms with Gasteiger partial charge in [0, 0.05) is 24.2 Å². The van der Waals surface area contributed by atoms with Crippen molar-refractivity contribution in [2.45, 2.75) is 19.3 Å². The first-order chi connectivity index (χ1) is 8.86. The highest BCUT2D eigenvalue weighted by atomic mass is 16.3. The zero-order chi connectivity index (χ0) is 12.4. The third kappa shape index (κ3) is 1.94. The molecule has 3 rings (SSSR count). The Labute approximate surface area is 106 Å². The molecule has 94 valence electrons. The lowest BCUT2D eigenvalue weighted by atomic mass is 10.1. The molecule has 2 aromatic rings. The topological polar surface area (TPSA) is 52.2 Å². The maximum Gasteiger partial charge on any atom is 0.132 e. The number of piperidine rings is 1. The molecule has 1 saturated heterocycles. The number of para-hydroxylation sites is 1. The fourth-order valence-electron chi connectivity index (χ4n) is 2.54. The van der Waals surface area contributed by atoms with Gasteiger partial charge in [0.05, 0.1) is 6.20 Å². The molecule has 4 heteroatoms. The molecular weight excluding hydrogens is 226 g/mol. The van der Waals surface area contributed by atoms with Crippen LogP contribution in [0.1, 0.15) is 19.3 Å². The van der Waals surface area contributed by atoms with Gasteiger partial charge in [-0.05, 0) is 25.3 Å². The molecule has 0 aliphatic carbocycles. The van der Waals surface area contributed by atoms with Gasteiger partial charge in [-0.15, -0.1) is 0 Å². The average Bonchev–Trinajstić information content (AvgIpc) is 2.89. The van der Waals surface area contributed by atoms with E-state index in [1.807, 2.05) is 18.2 Å². The number of hydrogen-bond donors (Lipinski definition) is 2. The zero-order valence-corrected chi connectivity index (χ0v) is 10.3. The van der Waals surface area contributed by atoms with E-state index in [4.69, 9.17) is 0 Å². The highest BCUT2D eigenvalue weighted by Gasteiger charge is 2.18. The zero-order valence-electron chi connectivity index (χ0n) is 10.3. The minimum absolute atomic E-state index is 0.303. The molecule has 0 spiro atoms. The molecule has 1 aliphatic heterocycles. The quantitative estimate of drug-likeness (QED) is 0.852. The number of aromatic hydroxyl groups is 1. The molecule has 0 bridgehead atoms. The lowest BCUT2D eigenvalue weighted by Gasteiger charge is -2.28. The number of benzene rings is 1. The van der Waals surface area contributed by atoms with E-state index in [-0.39, 0.29) is 0 Å². The van der Waals surface area contributed by atoms with Gasteiger partial charge in [0.25, 0.3) is 0 Å². The van der Waals surface area contributed by atoms with E-state index in [2.05, 4.69) is 15.1 Å². The molecule has 0 atom stereocenters. The predicted octanol–water partition coefficient (Wildman–Crippen LogP) is 2.77. The van der Waals surface area contributed by atoms with Crippen molar-refractivity contribution in [1.82, 2.24) is 10.2 Å². The van der Waals surface area contributed by atoms with Crippen LogP contribution in [0.15, 0.2) is 30.5 Å². The molecule has 2 heterocycles. The number of aromatic nitrogens is 2. The highest BCUT2D eigenvalue weighted by molar-refractivity contribution is 5.79. The summed E-state index contributed by atoms with van der Waals surface area (Å²) in [5.74, 6) is 1.33. The second-order valence-electron chi connectivity index (χ2n) is 4.70. The van der Waals surface area contributed by atoms with Crippen LogP contribution >= 0.6 is 0 Å². The van der Waals surface area contributed by atoms with Crippen molar-refractivity contribution in [2.24, 2.45) is 0 Å². The summed E-state index contributed by atoms with van der Waals surface area (Å²) in [5.41, 5.74) is 1.82. The Morgan fingerprint density at radius 1 is 1.06 bits per heavy atom. The van der Waals surface area contributed by atoms with Crippen LogP contribution in [0.5, 0.6) is 5.75 Å². The van der Waals surface area contributed by atoms with Gasteiger partial charge < -0.3 is 10.0 Å². The van der Waals surface area contributed by atoms with Crippen molar-refractivity contribution in [2.75, 3.05) is 18.0 Å². The molecule has 1 fully saturated rings. The number of anilines is 1. The van der Waals surface area contributed by atoms with Crippen LogP contribution in [0.3, 0.4) is 0 Å². The van der Waals surface area contributed by atoms with Gasteiger partial charge >= 0.3 is 0 Å². The number of rotatable bonds is 2. The number of H-pyrrole nitrogens is 1. The van der Waals surface area contributed by atoms with Crippen molar-refractivity contribution in [3.63, 3.8) is 0 Å². The molecule has 1 aromatic heterocycles. The van der Waals surface area contributed by atoms with E-state index < -0.39 is 0 Å². The van der Waals surface area contributed by atoms with Crippen LogP contribution in [0.25, 0.3) is 11.1 Å². The molecule has 2 N–H and O–H groups in total. The number of nitrogens with one attached hydrogen (secondary N) is 1. The van der Waals surface area contributed by atoms with Gasteiger partial charge in [-0.1, -0.05) is 18.2 Å². The van der Waals surface area contributed by atoms with Crippen molar-refractivity contribution >= 4 is 5.82 Å². The summed E-state index contributed by atoms with van der Waals surface area (Å²) in [4.78, 5) is 2.32. The summed E-state index contributed by atoms with van der Waals surface area (Å²) >= 11 is 0. The second kappa shape index (κ2) is 4.72. The second-order valence-corrected chi connectivity index (χ2v) is 4.70. The van der Waals surface area contributed by atoms with Crippen LogP contribution in [-0.4, -0.2) is 28.4 Å². The van der Waals surface area contributed by atoms with Gasteiger partial charge in [0.2, 0.25) is 0 Å². The molecule has 0 amide bonds. The van der Waals surface area contributed by atoms with Crippen LogP contribution < -0.4 is 4.90 Å². The summed E-state index contributed by atoms with van der Waals surface area (Å²) in [5, 5.41) is 17.1. The first-order valence-corrected chi connectivity index (χ1v) is 6.43. The van der Waals surface area contributed by atoms with E-state index >= 15 is 0 Å². The minimum atomic E-state index is 0.303. The van der Waals surface area contributed by atoms with Crippen molar-refractivity contribution < 1.29 is 5.11 Å². The SMILES string of the molecule is Oc1ccccc1-c1cn[nH]c1N1CCCCC1. The third-order valence-electron chi connectivity index (χ3n) is 3.49. The lowest BCUT2D eigenvalue weighted by Crippen LogP contribution is -2.30. The van der Waals surface area contributed by atoms with Gasteiger partial charge in [-0.25, -0.2) is 0 Å². The Hall–Kier alpha value is -1.97. The van der Waals surface area contributed by atoms with E-state index in [0.29, 0.717) is 5.75 Å². The molecule has 0 unspecified atom stereocenters. The monoisotopic (exact) mass is 243 g/mol. The van der Waals surface area contributed by atoms with Crippen LogP contribution in [-0.2, 0) is 0 Å². The van der Waals surface area contributed by atoms with Crippen LogP contribution in [0.2, 0.25) is 0 Å². The Morgan fingerprint density at radius 3 is 2.61 bits per heavy atom. The molecule has 18 heavy (non-hydrogen) atoms. The van der Waals surface area contributed by atoms with E-state index in [0.717, 1.165) is 30.0 Å². The van der Waals surface area contributed by atoms with Gasteiger partial charge in [-0.3, -0.25) is 5.10 Å². The van der Waals surface area contributed by atoms with Crippen LogP contribution in [0, 0.1) is 0 Å². The highest BCUT2D eigenvalue weighted by Crippen LogP contribution is 2.35. The normalized spacial score (nSPS) is 15.9. The Kier molecular flexibility index (Phi) is 2.92. The molecular formula is C14H17N3O. The lowest BCUT2D eigenvalue weighted by molar-refractivity contribution is 0.477. The van der Waals surface area contributed by atoms with E-state index in [1.165, 1.54) is 19.3 Å². The van der Waals surface area contributed by atoms with Crippen molar-refractivity contribution in [1.29, 1.82) is 0 Å². The first-order valence-electron chi connectivity index (χ1n) is 6.43. The maximum absolute atomic E-state index is 9.94. The summed E-state index contributed by atoms with van der Waals surface area (Å²) < 4.78 is 0. The third-order valence-corrected chi connectivity index (χ3v) is 3.49. The summed E-state index contributed by atoms with van der Waals surface area (Å²) in [6.45, 7) is 2.12. The molecule has 4 nitrogen and oxygen atoms in total. The van der Waals surface area contributed by atoms with E-state index in [9.17, 15) is 5.11 Å². The fourth-order valence-corrected chi connectivity index (χ4v) is 2.54. The van der Waals surface area contributed by atoms with Crippen molar-refractivity contribution in [3.05, 3.63) is 30.5 Å². The molecule has 0 saturated carbocycles. The molecule has 1 aromatic carbocycles. The molecule has 1 aliphatic rings. The average molecular weight is 243 g/mol. The van der Waals surface area contributed by atoms with Gasteiger partial charge in [0.15, 0.2) is 0 Å². The summed E-state index contributed by atoms with van der Waals surface area (Å²) in [6.07, 6.45) is 5.54. The smallest absolute Gasteiger partial charge is 0.132 e. The summed E-state index contributed by atoms with van der Waals surface area (Å²) in [6, 6.07) is 7.40. The van der Waals surface area contributed by atoms with Crippen molar-refractivity contribution in [3.8, 4) is 16.9 Å². The first kappa shape index (κ1) is 11.1. The number of phenols is 1. The van der Waals surface area contributed by atoms with E-state index in [1.54, 1.807) is 12.3 Å². The van der Waals surface area contributed by atoms with Crippen LogP contribution in [0.4, 0.5) is 5.82 Å². The largest absolute Gasteiger partial charge is 0.507 e. The maximum atomic E-state index is 9.94. The minimum Gasteiger partial charge on any atom is -0.507 e. The number of nitrogens with zero attached hydrogens (tertiary/aromatic N) is 2. The summed E-state index contributed by atoms with van der Waals surface area (Å²) in [7, 11) is 0. The Balaban J connectivity index is 1.98. The Bertz CT molecular complexity index is 529. The fraction of sp³-hybridized carbons (Fsp3) is 0.357. The number of phenolic OH excluding ortho intramolecular Hbond substituents is 1. The standard InChI is InChI=1S/C14H17N3O/c18-13-7-3-2-6-11(13)12-10-15-16-14(12)17-8-4-1-5-9-17/h2-3,6-7,10,18H,1,4-5,8-9H2,(H,15,16). The molecule has 0 radical (unpaired) electrons. The van der Waals surface area contributed by atoms with Gasteiger partial charge in [-0.2, -0.15) is 5.10 Å². The predicted molar refractivity (Wildman–Crippen MR) is 71.8 cm³/mol. The number of hydrogen-bond acceptors (Lipinski definition) is 3.